The van der Waals surface area contributed by atoms with Crippen LogP contribution in [0.25, 0.3) is 0 Å². The van der Waals surface area contributed by atoms with Gasteiger partial charge in [-0.25, -0.2) is 4.39 Å². The number of ketones is 1. The van der Waals surface area contributed by atoms with Crippen molar-refractivity contribution in [1.29, 1.82) is 0 Å². The summed E-state index contributed by atoms with van der Waals surface area (Å²) in [6.45, 7) is 0. The quantitative estimate of drug-likeness (QED) is 0.675. The van der Waals surface area contributed by atoms with Crippen molar-refractivity contribution in [2.75, 3.05) is 0 Å². The number of Topliss-reactive ketones (excluding diaryl/α,β-unsaturated/α-hetero) is 1. The molecule has 0 N–H and O–H groups in total. The molecular formula is C17H11F7O2. The molecule has 2 nitrogen and oxygen atoms in total. The summed E-state index contributed by atoms with van der Waals surface area (Å²) in [4.78, 5) is 12.0. The van der Waals surface area contributed by atoms with Gasteiger partial charge in [0.2, 0.25) is 0 Å². The highest BCUT2D eigenvalue weighted by Gasteiger charge is 2.32. The number of halogens is 7. The monoisotopic (exact) mass is 380 g/mol. The highest BCUT2D eigenvalue weighted by molar-refractivity contribution is 5.83. The van der Waals surface area contributed by atoms with Gasteiger partial charge in [-0.1, -0.05) is 18.2 Å². The minimum atomic E-state index is -5.08. The summed E-state index contributed by atoms with van der Waals surface area (Å²) in [6.07, 6.45) is -10.1. The van der Waals surface area contributed by atoms with Gasteiger partial charge in [0, 0.05) is 12.8 Å². The van der Waals surface area contributed by atoms with Crippen LogP contribution in [0.1, 0.15) is 16.7 Å². The molecule has 2 aromatic carbocycles. The van der Waals surface area contributed by atoms with Gasteiger partial charge in [0.05, 0.1) is 5.56 Å². The molecule has 0 unspecified atom stereocenters. The molecule has 0 aliphatic carbocycles. The van der Waals surface area contributed by atoms with E-state index in [0.29, 0.717) is 5.56 Å². The molecule has 0 bridgehead atoms. The topological polar surface area (TPSA) is 26.3 Å². The highest BCUT2D eigenvalue weighted by atomic mass is 19.4. The molecule has 26 heavy (non-hydrogen) atoms. The molecule has 0 amide bonds. The molecule has 0 saturated heterocycles. The number of carbonyl (C=O) groups excluding carboxylic acids is 1. The molecule has 140 valence electrons. The molecule has 0 atom stereocenters. The predicted octanol–water partition coefficient (Wildman–Crippen LogP) is 5.10. The summed E-state index contributed by atoms with van der Waals surface area (Å²) < 4.78 is 90.8. The standard InChI is InChI=1S/C17H11F7O2/c18-14-6-3-11(9-15(14)26-17(22,23)24)8-13(25)7-10-1-4-12(5-2-10)16(19,20)21/h1-6,9H,7-8H2. The number of rotatable bonds is 5. The molecule has 0 radical (unpaired) electrons. The van der Waals surface area contributed by atoms with Crippen molar-refractivity contribution < 1.29 is 40.3 Å². The summed E-state index contributed by atoms with van der Waals surface area (Å²) in [6, 6.07) is 6.57. The second-order valence-electron chi connectivity index (χ2n) is 5.40. The molecule has 0 aliphatic heterocycles. The third-order valence-electron chi connectivity index (χ3n) is 3.31. The van der Waals surface area contributed by atoms with Crippen LogP contribution in [0.2, 0.25) is 0 Å². The van der Waals surface area contributed by atoms with E-state index in [4.69, 9.17) is 0 Å². The van der Waals surface area contributed by atoms with Gasteiger partial charge in [-0.3, -0.25) is 4.79 Å². The van der Waals surface area contributed by atoms with E-state index >= 15 is 0 Å². The summed E-state index contributed by atoms with van der Waals surface area (Å²) in [7, 11) is 0. The zero-order valence-electron chi connectivity index (χ0n) is 12.9. The van der Waals surface area contributed by atoms with Crippen molar-refractivity contribution in [2.45, 2.75) is 25.4 Å². The van der Waals surface area contributed by atoms with Crippen LogP contribution in [0.4, 0.5) is 30.7 Å². The Kier molecular flexibility index (Phi) is 5.58. The molecule has 2 aromatic rings. The van der Waals surface area contributed by atoms with Gasteiger partial charge in [-0.15, -0.1) is 13.2 Å². The van der Waals surface area contributed by atoms with E-state index in [1.807, 2.05) is 0 Å². The summed E-state index contributed by atoms with van der Waals surface area (Å²) in [5, 5.41) is 0. The van der Waals surface area contributed by atoms with Gasteiger partial charge in [0.1, 0.15) is 5.78 Å². The molecule has 0 fully saturated rings. The number of hydrogen-bond donors (Lipinski definition) is 0. The van der Waals surface area contributed by atoms with Gasteiger partial charge >= 0.3 is 12.5 Å². The van der Waals surface area contributed by atoms with Gasteiger partial charge < -0.3 is 4.74 Å². The van der Waals surface area contributed by atoms with Crippen molar-refractivity contribution in [1.82, 2.24) is 0 Å². The Morgan fingerprint density at radius 3 is 1.92 bits per heavy atom. The number of alkyl halides is 6. The highest BCUT2D eigenvalue weighted by Crippen LogP contribution is 2.29. The van der Waals surface area contributed by atoms with Crippen LogP contribution in [-0.4, -0.2) is 12.1 Å². The Morgan fingerprint density at radius 1 is 0.846 bits per heavy atom. The Morgan fingerprint density at radius 2 is 1.38 bits per heavy atom. The van der Waals surface area contributed by atoms with Gasteiger partial charge in [0.25, 0.3) is 0 Å². The third-order valence-corrected chi connectivity index (χ3v) is 3.31. The Hall–Kier alpha value is -2.58. The Labute approximate surface area is 143 Å². The molecule has 0 saturated carbocycles. The van der Waals surface area contributed by atoms with E-state index < -0.39 is 35.5 Å². The maximum Gasteiger partial charge on any atom is 0.573 e. The largest absolute Gasteiger partial charge is 0.573 e. The third kappa shape index (κ3) is 5.75. The fraction of sp³-hybridized carbons (Fsp3) is 0.235. The lowest BCUT2D eigenvalue weighted by molar-refractivity contribution is -0.275. The maximum atomic E-state index is 13.3. The normalized spacial score (nSPS) is 12.1. The van der Waals surface area contributed by atoms with Crippen LogP contribution in [0.5, 0.6) is 5.75 Å². The molecule has 0 spiro atoms. The van der Waals surface area contributed by atoms with E-state index in [1.165, 1.54) is 0 Å². The number of benzene rings is 2. The lowest BCUT2D eigenvalue weighted by Gasteiger charge is -2.11. The second-order valence-corrected chi connectivity index (χ2v) is 5.40. The summed E-state index contributed by atoms with van der Waals surface area (Å²) in [5.41, 5.74) is -0.458. The molecule has 2 rings (SSSR count). The lowest BCUT2D eigenvalue weighted by Crippen LogP contribution is -2.18. The SMILES string of the molecule is O=C(Cc1ccc(C(F)(F)F)cc1)Cc1ccc(F)c(OC(F)(F)F)c1. The maximum absolute atomic E-state index is 13.3. The van der Waals surface area contributed by atoms with Crippen molar-refractivity contribution in [2.24, 2.45) is 0 Å². The van der Waals surface area contributed by atoms with Crippen LogP contribution < -0.4 is 4.74 Å². The minimum absolute atomic E-state index is 0.0857. The molecule has 9 heteroatoms. The van der Waals surface area contributed by atoms with Crippen molar-refractivity contribution in [3.63, 3.8) is 0 Å². The first-order valence-electron chi connectivity index (χ1n) is 7.16. The number of carbonyl (C=O) groups is 1. The first kappa shape index (κ1) is 19.7. The van der Waals surface area contributed by atoms with Gasteiger partial charge in [-0.05, 0) is 35.4 Å². The van der Waals surface area contributed by atoms with E-state index in [9.17, 15) is 35.5 Å². The summed E-state index contributed by atoms with van der Waals surface area (Å²) >= 11 is 0. The second kappa shape index (κ2) is 7.35. The van der Waals surface area contributed by atoms with Crippen LogP contribution >= 0.6 is 0 Å². The van der Waals surface area contributed by atoms with E-state index in [2.05, 4.69) is 4.74 Å². The van der Waals surface area contributed by atoms with Crippen LogP contribution in [-0.2, 0) is 23.8 Å². The van der Waals surface area contributed by atoms with Crippen LogP contribution in [0, 0.1) is 5.82 Å². The van der Waals surface area contributed by atoms with E-state index in [0.717, 1.165) is 42.5 Å². The van der Waals surface area contributed by atoms with Gasteiger partial charge in [-0.2, -0.15) is 13.2 Å². The molecule has 0 aromatic heterocycles. The first-order chi connectivity index (χ1) is 11.9. The molecular weight excluding hydrogens is 369 g/mol. The lowest BCUT2D eigenvalue weighted by atomic mass is 10.0. The van der Waals surface area contributed by atoms with Crippen molar-refractivity contribution in [3.8, 4) is 5.75 Å². The molecule has 0 aliphatic rings. The van der Waals surface area contributed by atoms with E-state index in [1.54, 1.807) is 0 Å². The average molecular weight is 380 g/mol. The van der Waals surface area contributed by atoms with Gasteiger partial charge in [0.15, 0.2) is 11.6 Å². The Bertz CT molecular complexity index is 777. The van der Waals surface area contributed by atoms with Crippen molar-refractivity contribution in [3.05, 3.63) is 65.0 Å². The fourth-order valence-electron chi connectivity index (χ4n) is 2.19. The zero-order valence-corrected chi connectivity index (χ0v) is 12.9. The van der Waals surface area contributed by atoms with Crippen molar-refractivity contribution >= 4 is 5.78 Å². The van der Waals surface area contributed by atoms with E-state index in [-0.39, 0.29) is 18.4 Å². The first-order valence-corrected chi connectivity index (χ1v) is 7.16. The number of hydrogen-bond acceptors (Lipinski definition) is 2. The zero-order chi connectivity index (χ0) is 19.5. The smallest absolute Gasteiger partial charge is 0.403 e. The van der Waals surface area contributed by atoms with Crippen LogP contribution in [0.3, 0.4) is 0 Å². The van der Waals surface area contributed by atoms with Crippen LogP contribution in [0.15, 0.2) is 42.5 Å². The fourth-order valence-corrected chi connectivity index (χ4v) is 2.19. The molecule has 0 heterocycles. The minimum Gasteiger partial charge on any atom is -0.403 e. The summed E-state index contributed by atoms with van der Waals surface area (Å²) in [5.74, 6) is -2.76. The number of ether oxygens (including phenoxy) is 1. The predicted molar refractivity (Wildman–Crippen MR) is 76.9 cm³/mol. The average Bonchev–Trinajstić information content (AvgIpc) is 2.49. The Balaban J connectivity index is 2.05.